The smallest absolute Gasteiger partial charge is 0.434 e. The molecule has 1 aliphatic rings. The van der Waals surface area contributed by atoms with Crippen LogP contribution in [0.5, 0.6) is 5.75 Å². The van der Waals surface area contributed by atoms with E-state index in [2.05, 4.69) is 14.7 Å². The van der Waals surface area contributed by atoms with Crippen molar-refractivity contribution >= 4 is 11.0 Å². The van der Waals surface area contributed by atoms with Crippen LogP contribution in [0.1, 0.15) is 48.2 Å². The highest BCUT2D eigenvalue weighted by molar-refractivity contribution is 5.83. The minimum atomic E-state index is -5.57. The standard InChI is InChI=1S/C27H22F6N2O2/c1-14(36)18-4-2-3-5-19(18)16-8-11-22-23(12-16)35-24(34-22)21-13-20(21)15-6-9-17(10-7-15)37-25(26(28,29)30)27(31,32)33/h2-12,14,20-21,25,36H,13H2,1H3,(H,34,35). The van der Waals surface area contributed by atoms with Crippen LogP contribution < -0.4 is 4.74 Å². The lowest BCUT2D eigenvalue weighted by molar-refractivity contribution is -0.299. The molecule has 0 saturated heterocycles. The molecule has 3 aromatic carbocycles. The van der Waals surface area contributed by atoms with Crippen LogP contribution >= 0.6 is 0 Å². The van der Waals surface area contributed by atoms with Crippen molar-refractivity contribution in [3.05, 3.63) is 83.7 Å². The van der Waals surface area contributed by atoms with Crippen molar-refractivity contribution in [3.8, 4) is 16.9 Å². The second kappa shape index (κ2) is 9.09. The highest BCUT2D eigenvalue weighted by Crippen LogP contribution is 2.54. The van der Waals surface area contributed by atoms with Crippen molar-refractivity contribution in [2.45, 2.75) is 49.7 Å². The van der Waals surface area contributed by atoms with Gasteiger partial charge in [0.1, 0.15) is 11.6 Å². The molecule has 0 bridgehead atoms. The number of rotatable bonds is 6. The number of hydrogen-bond donors (Lipinski definition) is 2. The molecular formula is C27H22F6N2O2. The Kier molecular flexibility index (Phi) is 6.18. The van der Waals surface area contributed by atoms with Crippen molar-refractivity contribution in [1.82, 2.24) is 9.97 Å². The lowest BCUT2D eigenvalue weighted by atomic mass is 9.96. The molecule has 1 aromatic heterocycles. The summed E-state index contributed by atoms with van der Waals surface area (Å²) in [5, 5.41) is 10.1. The van der Waals surface area contributed by atoms with Gasteiger partial charge in [-0.05, 0) is 65.8 Å². The van der Waals surface area contributed by atoms with Gasteiger partial charge in [-0.15, -0.1) is 0 Å². The number of H-pyrrole nitrogens is 1. The maximum Gasteiger partial charge on any atom is 0.434 e. The van der Waals surface area contributed by atoms with Gasteiger partial charge in [-0.2, -0.15) is 26.3 Å². The number of aromatic amines is 1. The fraction of sp³-hybridized carbons (Fsp3) is 0.296. The van der Waals surface area contributed by atoms with Gasteiger partial charge in [0.25, 0.3) is 6.10 Å². The summed E-state index contributed by atoms with van der Waals surface area (Å²) in [6.07, 6.45) is -14.9. The first-order chi connectivity index (χ1) is 17.4. The predicted molar refractivity (Wildman–Crippen MR) is 125 cm³/mol. The number of aliphatic hydroxyl groups excluding tert-OH is 1. The number of hydrogen-bond acceptors (Lipinski definition) is 3. The maximum absolute atomic E-state index is 12.8. The zero-order valence-electron chi connectivity index (χ0n) is 19.4. The lowest BCUT2D eigenvalue weighted by Crippen LogP contribution is -2.46. The number of benzene rings is 3. The highest BCUT2D eigenvalue weighted by Gasteiger charge is 2.59. The molecule has 3 atom stereocenters. The minimum Gasteiger partial charge on any atom is -0.471 e. The van der Waals surface area contributed by atoms with Crippen molar-refractivity contribution in [1.29, 1.82) is 0 Å². The average Bonchev–Trinajstić information content (AvgIpc) is 3.52. The van der Waals surface area contributed by atoms with Gasteiger partial charge in [0.15, 0.2) is 0 Å². The Hall–Kier alpha value is -3.53. The van der Waals surface area contributed by atoms with Crippen LogP contribution in [-0.2, 0) is 0 Å². The first kappa shape index (κ1) is 25.1. The Morgan fingerprint density at radius 3 is 2.24 bits per heavy atom. The molecule has 0 spiro atoms. The third-order valence-electron chi connectivity index (χ3n) is 6.52. The first-order valence-electron chi connectivity index (χ1n) is 11.6. The second-order valence-corrected chi connectivity index (χ2v) is 9.22. The Morgan fingerprint density at radius 1 is 0.919 bits per heavy atom. The quantitative estimate of drug-likeness (QED) is 0.260. The van der Waals surface area contributed by atoms with Gasteiger partial charge in [-0.3, -0.25) is 0 Å². The number of fused-ring (bicyclic) bond motifs is 1. The summed E-state index contributed by atoms with van der Waals surface area (Å²) in [4.78, 5) is 8.01. The van der Waals surface area contributed by atoms with Gasteiger partial charge in [0.2, 0.25) is 0 Å². The number of imidazole rings is 1. The van der Waals surface area contributed by atoms with Gasteiger partial charge in [0.05, 0.1) is 17.1 Å². The van der Waals surface area contributed by atoms with Crippen molar-refractivity contribution in [3.63, 3.8) is 0 Å². The summed E-state index contributed by atoms with van der Waals surface area (Å²) in [5.74, 6) is 0.335. The van der Waals surface area contributed by atoms with Crippen molar-refractivity contribution < 1.29 is 36.2 Å². The molecule has 1 aliphatic carbocycles. The van der Waals surface area contributed by atoms with E-state index in [4.69, 9.17) is 0 Å². The van der Waals surface area contributed by atoms with E-state index >= 15 is 0 Å². The van der Waals surface area contributed by atoms with E-state index in [1.165, 1.54) is 12.1 Å². The lowest BCUT2D eigenvalue weighted by Gasteiger charge is -2.23. The van der Waals surface area contributed by atoms with E-state index in [9.17, 15) is 31.4 Å². The number of aliphatic hydroxyl groups is 1. The molecule has 5 rings (SSSR count). The van der Waals surface area contributed by atoms with Crippen LogP contribution in [0.15, 0.2) is 66.7 Å². The van der Waals surface area contributed by atoms with E-state index < -0.39 is 30.3 Å². The monoisotopic (exact) mass is 520 g/mol. The number of nitrogens with zero attached hydrogens (tertiary/aromatic N) is 1. The third kappa shape index (κ3) is 5.16. The van der Waals surface area contributed by atoms with Gasteiger partial charge in [-0.25, -0.2) is 4.98 Å². The molecule has 4 nitrogen and oxygen atoms in total. The molecule has 0 amide bonds. The molecule has 0 aliphatic heterocycles. The topological polar surface area (TPSA) is 58.1 Å². The van der Waals surface area contributed by atoms with Crippen LogP contribution in [-0.4, -0.2) is 33.5 Å². The summed E-state index contributed by atoms with van der Waals surface area (Å²) < 4.78 is 80.8. The zero-order valence-corrected chi connectivity index (χ0v) is 19.4. The van der Waals surface area contributed by atoms with Gasteiger partial charge in [-0.1, -0.05) is 42.5 Å². The molecule has 1 saturated carbocycles. The van der Waals surface area contributed by atoms with Gasteiger partial charge < -0.3 is 14.8 Å². The molecule has 0 radical (unpaired) electrons. The summed E-state index contributed by atoms with van der Waals surface area (Å²) in [6, 6.07) is 18.6. The summed E-state index contributed by atoms with van der Waals surface area (Å²) >= 11 is 0. The van der Waals surface area contributed by atoms with Crippen LogP contribution in [0.3, 0.4) is 0 Å². The van der Waals surface area contributed by atoms with Crippen LogP contribution in [0.2, 0.25) is 0 Å². The number of nitrogens with one attached hydrogen (secondary N) is 1. The Labute approximate surface area is 207 Å². The largest absolute Gasteiger partial charge is 0.471 e. The van der Waals surface area contributed by atoms with E-state index in [0.717, 1.165) is 57.7 Å². The van der Waals surface area contributed by atoms with E-state index in [1.54, 1.807) is 6.92 Å². The first-order valence-corrected chi connectivity index (χ1v) is 11.6. The number of ether oxygens (including phenoxy) is 1. The van der Waals surface area contributed by atoms with Crippen LogP contribution in [0.4, 0.5) is 26.3 Å². The van der Waals surface area contributed by atoms with Crippen LogP contribution in [0.25, 0.3) is 22.2 Å². The molecule has 3 unspecified atom stereocenters. The third-order valence-corrected chi connectivity index (χ3v) is 6.52. The fourth-order valence-corrected chi connectivity index (χ4v) is 4.61. The zero-order chi connectivity index (χ0) is 26.5. The minimum absolute atomic E-state index is 0.0334. The van der Waals surface area contributed by atoms with Crippen molar-refractivity contribution in [2.75, 3.05) is 0 Å². The van der Waals surface area contributed by atoms with E-state index in [-0.39, 0.29) is 11.8 Å². The highest BCUT2D eigenvalue weighted by atomic mass is 19.4. The van der Waals surface area contributed by atoms with Crippen LogP contribution in [0, 0.1) is 0 Å². The predicted octanol–water partition coefficient (Wildman–Crippen LogP) is 7.43. The Balaban J connectivity index is 1.32. The summed E-state index contributed by atoms with van der Waals surface area (Å²) in [7, 11) is 0. The van der Waals surface area contributed by atoms with Gasteiger partial charge >= 0.3 is 12.4 Å². The second-order valence-electron chi connectivity index (χ2n) is 9.22. The number of aromatic nitrogens is 2. The fourth-order valence-electron chi connectivity index (χ4n) is 4.61. The normalized spacial score (nSPS) is 18.8. The Morgan fingerprint density at radius 2 is 1.59 bits per heavy atom. The number of halogens is 6. The molecule has 1 fully saturated rings. The summed E-state index contributed by atoms with van der Waals surface area (Å²) in [5.41, 5.74) is 5.03. The average molecular weight is 520 g/mol. The molecule has 4 aromatic rings. The molecular weight excluding hydrogens is 498 g/mol. The molecule has 194 valence electrons. The van der Waals surface area contributed by atoms with Crippen molar-refractivity contribution in [2.24, 2.45) is 0 Å². The van der Waals surface area contributed by atoms with E-state index in [1.807, 2.05) is 42.5 Å². The molecule has 37 heavy (non-hydrogen) atoms. The maximum atomic E-state index is 12.8. The van der Waals surface area contributed by atoms with E-state index in [0.29, 0.717) is 0 Å². The molecule has 10 heteroatoms. The SMILES string of the molecule is CC(O)c1ccccc1-c1ccc2nc(C3CC3c3ccc(OC(C(F)(F)F)C(F)(F)F)cc3)[nH]c2c1. The number of alkyl halides is 6. The van der Waals surface area contributed by atoms with Gasteiger partial charge in [0, 0.05) is 5.92 Å². The Bertz CT molecular complexity index is 1400. The summed E-state index contributed by atoms with van der Waals surface area (Å²) in [6.45, 7) is 1.71. The molecule has 1 heterocycles. The molecule has 2 N–H and O–H groups in total.